The summed E-state index contributed by atoms with van der Waals surface area (Å²) >= 11 is 0. The second-order valence-electron chi connectivity index (χ2n) is 4.30. The van der Waals surface area contributed by atoms with Gasteiger partial charge in [-0.15, -0.1) is 0 Å². The normalized spacial score (nSPS) is 12.9. The van der Waals surface area contributed by atoms with Gasteiger partial charge in [-0.1, -0.05) is 42.0 Å². The van der Waals surface area contributed by atoms with Gasteiger partial charge in [0.05, 0.1) is 6.61 Å². The maximum atomic E-state index is 6.04. The molecule has 0 radical (unpaired) electrons. The Labute approximate surface area is 93.9 Å². The smallest absolute Gasteiger partial charge is 0.218 e. The highest BCUT2D eigenvalue weighted by molar-refractivity contribution is 6.84. The van der Waals surface area contributed by atoms with Gasteiger partial charge in [-0.2, -0.15) is 0 Å². The predicted molar refractivity (Wildman–Crippen MR) is 68.9 cm³/mol. The zero-order valence-corrected chi connectivity index (χ0v) is 11.1. The lowest BCUT2D eigenvalue weighted by Gasteiger charge is -2.23. The van der Waals surface area contributed by atoms with E-state index in [1.807, 2.05) is 6.07 Å². The molecule has 0 spiro atoms. The fraction of sp³-hybridized carbons (Fsp3) is 0.385. The number of rotatable bonds is 4. The number of hydrogen-bond acceptors (Lipinski definition) is 1. The van der Waals surface area contributed by atoms with E-state index >= 15 is 0 Å². The summed E-state index contributed by atoms with van der Waals surface area (Å²) in [6, 6.07) is 10.5. The minimum atomic E-state index is -1.70. The Hall–Kier alpha value is -0.863. The Morgan fingerprint density at radius 1 is 1.27 bits per heavy atom. The zero-order valence-electron chi connectivity index (χ0n) is 10.1. The fourth-order valence-electron chi connectivity index (χ4n) is 1.30. The Morgan fingerprint density at radius 3 is 2.40 bits per heavy atom. The van der Waals surface area contributed by atoms with Gasteiger partial charge in [0.2, 0.25) is 8.32 Å². The second kappa shape index (κ2) is 5.28. The van der Waals surface area contributed by atoms with Gasteiger partial charge in [-0.3, -0.25) is 0 Å². The third-order valence-corrected chi connectivity index (χ3v) is 5.21. The van der Waals surface area contributed by atoms with Crippen LogP contribution in [0.1, 0.15) is 13.8 Å². The van der Waals surface area contributed by atoms with E-state index in [9.17, 15) is 0 Å². The standard InChI is InChI=1S/C13H20OSi/c1-5-12(2)11-14-15(3,4)13-9-7-6-8-10-13/h5-10H,11H2,1-4H3/b12-5+. The van der Waals surface area contributed by atoms with Crippen LogP contribution in [0.25, 0.3) is 0 Å². The van der Waals surface area contributed by atoms with Crippen molar-refractivity contribution >= 4 is 13.5 Å². The van der Waals surface area contributed by atoms with E-state index in [4.69, 9.17) is 4.43 Å². The average molecular weight is 220 g/mol. The highest BCUT2D eigenvalue weighted by atomic mass is 28.4. The lowest BCUT2D eigenvalue weighted by atomic mass is 10.3. The fourth-order valence-corrected chi connectivity index (χ4v) is 3.05. The summed E-state index contributed by atoms with van der Waals surface area (Å²) in [5, 5.41) is 1.36. The van der Waals surface area contributed by atoms with Crippen LogP contribution >= 0.6 is 0 Å². The van der Waals surface area contributed by atoms with Crippen molar-refractivity contribution in [3.05, 3.63) is 42.0 Å². The van der Waals surface area contributed by atoms with E-state index in [-0.39, 0.29) is 0 Å². The first-order valence-electron chi connectivity index (χ1n) is 5.37. The van der Waals surface area contributed by atoms with Crippen molar-refractivity contribution in [2.45, 2.75) is 26.9 Å². The van der Waals surface area contributed by atoms with E-state index < -0.39 is 8.32 Å². The molecule has 0 aliphatic heterocycles. The summed E-state index contributed by atoms with van der Waals surface area (Å²) in [5.74, 6) is 0. The van der Waals surface area contributed by atoms with E-state index in [1.165, 1.54) is 10.8 Å². The van der Waals surface area contributed by atoms with E-state index in [1.54, 1.807) is 0 Å². The van der Waals surface area contributed by atoms with Crippen molar-refractivity contribution in [1.82, 2.24) is 0 Å². The molecule has 0 aromatic heterocycles. The van der Waals surface area contributed by atoms with Gasteiger partial charge in [0.15, 0.2) is 0 Å². The first-order chi connectivity index (χ1) is 7.06. The van der Waals surface area contributed by atoms with Gasteiger partial charge in [0.25, 0.3) is 0 Å². The molecular weight excluding hydrogens is 200 g/mol. The van der Waals surface area contributed by atoms with Crippen LogP contribution in [0.2, 0.25) is 13.1 Å². The first kappa shape index (κ1) is 12.2. The second-order valence-corrected chi connectivity index (χ2v) is 8.19. The zero-order chi connectivity index (χ0) is 11.3. The Morgan fingerprint density at radius 2 is 1.87 bits per heavy atom. The largest absolute Gasteiger partial charge is 0.409 e. The summed E-state index contributed by atoms with van der Waals surface area (Å²) in [7, 11) is -1.70. The summed E-state index contributed by atoms with van der Waals surface area (Å²) < 4.78 is 6.04. The number of allylic oxidation sites excluding steroid dienone is 1. The van der Waals surface area contributed by atoms with Crippen LogP contribution in [0.5, 0.6) is 0 Å². The van der Waals surface area contributed by atoms with Crippen LogP contribution in [-0.2, 0) is 4.43 Å². The molecule has 1 rings (SSSR count). The van der Waals surface area contributed by atoms with Gasteiger partial charge < -0.3 is 4.43 Å². The van der Waals surface area contributed by atoms with E-state index in [0.717, 1.165) is 6.61 Å². The predicted octanol–water partition coefficient (Wildman–Crippen LogP) is 3.08. The van der Waals surface area contributed by atoms with Gasteiger partial charge in [-0.25, -0.2) is 0 Å². The molecule has 0 bridgehead atoms. The molecule has 0 aliphatic rings. The van der Waals surface area contributed by atoms with Crippen molar-refractivity contribution in [2.75, 3.05) is 6.61 Å². The molecule has 2 heteroatoms. The van der Waals surface area contributed by atoms with Crippen LogP contribution in [0.3, 0.4) is 0 Å². The van der Waals surface area contributed by atoms with Crippen LogP contribution in [0.15, 0.2) is 42.0 Å². The molecular formula is C13H20OSi. The molecule has 0 N–H and O–H groups in total. The molecule has 0 saturated heterocycles. The van der Waals surface area contributed by atoms with Gasteiger partial charge in [0.1, 0.15) is 0 Å². The Balaban J connectivity index is 2.68. The maximum absolute atomic E-state index is 6.04. The molecule has 0 aliphatic carbocycles. The molecule has 82 valence electrons. The van der Waals surface area contributed by atoms with Crippen molar-refractivity contribution < 1.29 is 4.43 Å². The summed E-state index contributed by atoms with van der Waals surface area (Å²) in [6.45, 7) is 9.40. The molecule has 1 aromatic carbocycles. The van der Waals surface area contributed by atoms with Crippen LogP contribution in [0, 0.1) is 0 Å². The third-order valence-electron chi connectivity index (χ3n) is 2.62. The van der Waals surface area contributed by atoms with Crippen LogP contribution in [-0.4, -0.2) is 14.9 Å². The lowest BCUT2D eigenvalue weighted by molar-refractivity contribution is 0.351. The molecule has 0 saturated carbocycles. The summed E-state index contributed by atoms with van der Waals surface area (Å²) in [4.78, 5) is 0. The van der Waals surface area contributed by atoms with E-state index in [2.05, 4.69) is 57.3 Å². The SMILES string of the molecule is C/C=C(\C)CO[Si](C)(C)c1ccccc1. The first-order valence-corrected chi connectivity index (χ1v) is 8.28. The number of benzene rings is 1. The third kappa shape index (κ3) is 3.65. The molecule has 0 heterocycles. The van der Waals surface area contributed by atoms with Crippen molar-refractivity contribution in [3.63, 3.8) is 0 Å². The van der Waals surface area contributed by atoms with Crippen molar-refractivity contribution in [2.24, 2.45) is 0 Å². The average Bonchev–Trinajstić information content (AvgIpc) is 2.27. The highest BCUT2D eigenvalue weighted by Gasteiger charge is 2.24. The van der Waals surface area contributed by atoms with Crippen molar-refractivity contribution in [3.8, 4) is 0 Å². The number of hydrogen-bond donors (Lipinski definition) is 0. The Bertz CT molecular complexity index is 328. The minimum Gasteiger partial charge on any atom is -0.409 e. The monoisotopic (exact) mass is 220 g/mol. The lowest BCUT2D eigenvalue weighted by Crippen LogP contribution is -2.44. The maximum Gasteiger partial charge on any atom is 0.218 e. The molecule has 15 heavy (non-hydrogen) atoms. The summed E-state index contributed by atoms with van der Waals surface area (Å²) in [6.07, 6.45) is 2.11. The molecule has 1 nitrogen and oxygen atoms in total. The topological polar surface area (TPSA) is 9.23 Å². The molecule has 0 amide bonds. The van der Waals surface area contributed by atoms with Gasteiger partial charge in [0, 0.05) is 0 Å². The quantitative estimate of drug-likeness (QED) is 0.560. The molecule has 0 atom stereocenters. The highest BCUT2D eigenvalue weighted by Crippen LogP contribution is 2.07. The molecule has 0 fully saturated rings. The minimum absolute atomic E-state index is 0.755. The van der Waals surface area contributed by atoms with Gasteiger partial charge in [-0.05, 0) is 32.1 Å². The Kier molecular flexibility index (Phi) is 4.30. The van der Waals surface area contributed by atoms with Gasteiger partial charge >= 0.3 is 0 Å². The summed E-state index contributed by atoms with van der Waals surface area (Å²) in [5.41, 5.74) is 1.30. The van der Waals surface area contributed by atoms with E-state index in [0.29, 0.717) is 0 Å². The molecule has 1 aromatic rings. The molecule has 0 unspecified atom stereocenters. The van der Waals surface area contributed by atoms with Crippen LogP contribution < -0.4 is 5.19 Å². The van der Waals surface area contributed by atoms with Crippen molar-refractivity contribution in [1.29, 1.82) is 0 Å². The van der Waals surface area contributed by atoms with Crippen LogP contribution in [0.4, 0.5) is 0 Å².